The molecular formula is C21H26N2O3. The zero-order valence-corrected chi connectivity index (χ0v) is 15.6. The molecule has 0 spiro atoms. The molecule has 5 nitrogen and oxygen atoms in total. The van der Waals surface area contributed by atoms with Gasteiger partial charge in [0.15, 0.2) is 0 Å². The molecule has 138 valence electrons. The number of amides is 2. The number of urea groups is 1. The summed E-state index contributed by atoms with van der Waals surface area (Å²) in [6, 6.07) is 9.78. The molecule has 0 aliphatic carbocycles. The Kier molecular flexibility index (Phi) is 5.47. The highest BCUT2D eigenvalue weighted by atomic mass is 16.5. The third-order valence-electron chi connectivity index (χ3n) is 4.83. The molecule has 1 aliphatic rings. The zero-order valence-electron chi connectivity index (χ0n) is 15.6. The molecule has 0 unspecified atom stereocenters. The van der Waals surface area contributed by atoms with Gasteiger partial charge in [-0.05, 0) is 55.2 Å². The third kappa shape index (κ3) is 3.99. The lowest BCUT2D eigenvalue weighted by Gasteiger charge is -2.21. The topological polar surface area (TPSA) is 61.8 Å². The van der Waals surface area contributed by atoms with Gasteiger partial charge in [0.05, 0.1) is 19.7 Å². The van der Waals surface area contributed by atoms with Gasteiger partial charge in [0.25, 0.3) is 0 Å². The fourth-order valence-corrected chi connectivity index (χ4v) is 3.48. The Morgan fingerprint density at radius 3 is 2.62 bits per heavy atom. The Labute approximate surface area is 154 Å². The van der Waals surface area contributed by atoms with E-state index in [0.29, 0.717) is 26.2 Å². The summed E-state index contributed by atoms with van der Waals surface area (Å²) >= 11 is 0. The number of nitrogens with one attached hydrogen (secondary N) is 1. The molecule has 26 heavy (non-hydrogen) atoms. The summed E-state index contributed by atoms with van der Waals surface area (Å²) in [7, 11) is 0. The summed E-state index contributed by atoms with van der Waals surface area (Å²) in [6.07, 6.45) is 0. The first kappa shape index (κ1) is 18.3. The van der Waals surface area contributed by atoms with Crippen LogP contribution in [0.1, 0.15) is 33.4 Å². The van der Waals surface area contributed by atoms with Crippen LogP contribution in [0, 0.1) is 20.8 Å². The van der Waals surface area contributed by atoms with Gasteiger partial charge in [0, 0.05) is 12.1 Å². The molecule has 2 amide bonds. The minimum Gasteiger partial charge on any atom is -0.491 e. The maximum Gasteiger partial charge on any atom is 0.318 e. The van der Waals surface area contributed by atoms with Crippen LogP contribution in [0.25, 0.3) is 0 Å². The number of benzene rings is 2. The predicted octanol–water partition coefficient (Wildman–Crippen LogP) is 3.21. The Bertz CT molecular complexity index is 794. The van der Waals surface area contributed by atoms with Crippen LogP contribution < -0.4 is 10.1 Å². The lowest BCUT2D eigenvalue weighted by atomic mass is 10.00. The number of aryl methyl sites for hydroxylation is 3. The van der Waals surface area contributed by atoms with E-state index in [-0.39, 0.29) is 12.6 Å². The average molecular weight is 354 g/mol. The molecule has 5 heteroatoms. The van der Waals surface area contributed by atoms with Crippen LogP contribution in [0.3, 0.4) is 0 Å². The molecule has 0 radical (unpaired) electrons. The third-order valence-corrected chi connectivity index (χ3v) is 4.83. The van der Waals surface area contributed by atoms with Crippen LogP contribution in [0.15, 0.2) is 30.3 Å². The number of rotatable bonds is 3. The average Bonchev–Trinajstić information content (AvgIpc) is 2.82. The Hall–Kier alpha value is -2.53. The largest absolute Gasteiger partial charge is 0.491 e. The standard InChI is InChI=1S/C21H26N2O3/c1-14-8-15(2)19(16(3)9-14)11-22-21(25)23-6-7-26-20-5-4-17(13-24)10-18(20)12-23/h4-5,8-10,24H,6-7,11-13H2,1-3H3,(H,22,25). The molecular weight excluding hydrogens is 328 g/mol. The SMILES string of the molecule is Cc1cc(C)c(CNC(=O)N2CCOc3ccc(CO)cc3C2)c(C)c1. The molecule has 0 saturated heterocycles. The lowest BCUT2D eigenvalue weighted by Crippen LogP contribution is -2.40. The van der Waals surface area contributed by atoms with Crippen LogP contribution >= 0.6 is 0 Å². The minimum atomic E-state index is -0.102. The smallest absolute Gasteiger partial charge is 0.318 e. The number of aliphatic hydroxyl groups excluding tert-OH is 1. The van der Waals surface area contributed by atoms with Crippen molar-refractivity contribution < 1.29 is 14.6 Å². The van der Waals surface area contributed by atoms with Crippen molar-refractivity contribution in [1.82, 2.24) is 10.2 Å². The Morgan fingerprint density at radius 2 is 1.92 bits per heavy atom. The molecule has 2 aromatic carbocycles. The van der Waals surface area contributed by atoms with Gasteiger partial charge in [0.2, 0.25) is 0 Å². The second kappa shape index (κ2) is 7.79. The fourth-order valence-electron chi connectivity index (χ4n) is 3.48. The van der Waals surface area contributed by atoms with Gasteiger partial charge in [0.1, 0.15) is 12.4 Å². The minimum absolute atomic E-state index is 0.0224. The van der Waals surface area contributed by atoms with Gasteiger partial charge in [-0.2, -0.15) is 0 Å². The number of ether oxygens (including phenoxy) is 1. The lowest BCUT2D eigenvalue weighted by molar-refractivity contribution is 0.187. The van der Waals surface area contributed by atoms with Crippen molar-refractivity contribution in [2.24, 2.45) is 0 Å². The molecule has 0 aromatic heterocycles. The maximum atomic E-state index is 12.7. The van der Waals surface area contributed by atoms with E-state index < -0.39 is 0 Å². The number of carbonyl (C=O) groups excluding carboxylic acids is 1. The number of hydrogen-bond donors (Lipinski definition) is 2. The summed E-state index contributed by atoms with van der Waals surface area (Å²) < 4.78 is 5.74. The molecule has 0 atom stereocenters. The second-order valence-corrected chi connectivity index (χ2v) is 6.91. The predicted molar refractivity (Wildman–Crippen MR) is 101 cm³/mol. The van der Waals surface area contributed by atoms with Crippen molar-refractivity contribution >= 4 is 6.03 Å². The van der Waals surface area contributed by atoms with Gasteiger partial charge in [-0.15, -0.1) is 0 Å². The van der Waals surface area contributed by atoms with Crippen LogP contribution in [0.2, 0.25) is 0 Å². The first-order chi connectivity index (χ1) is 12.5. The highest BCUT2D eigenvalue weighted by Crippen LogP contribution is 2.24. The first-order valence-electron chi connectivity index (χ1n) is 8.93. The molecule has 1 aliphatic heterocycles. The monoisotopic (exact) mass is 354 g/mol. The molecule has 0 saturated carbocycles. The number of carbonyl (C=O) groups is 1. The van der Waals surface area contributed by atoms with Crippen LogP contribution in [0.4, 0.5) is 4.79 Å². The van der Waals surface area contributed by atoms with E-state index in [1.807, 2.05) is 18.2 Å². The van der Waals surface area contributed by atoms with E-state index in [4.69, 9.17) is 4.74 Å². The molecule has 0 bridgehead atoms. The molecule has 2 aromatic rings. The van der Waals surface area contributed by atoms with Gasteiger partial charge >= 0.3 is 6.03 Å². The quantitative estimate of drug-likeness (QED) is 0.890. The van der Waals surface area contributed by atoms with Crippen molar-refractivity contribution in [2.45, 2.75) is 40.5 Å². The van der Waals surface area contributed by atoms with Crippen molar-refractivity contribution in [3.8, 4) is 5.75 Å². The van der Waals surface area contributed by atoms with Crippen molar-refractivity contribution in [3.63, 3.8) is 0 Å². The zero-order chi connectivity index (χ0) is 18.7. The fraction of sp³-hybridized carbons (Fsp3) is 0.381. The highest BCUT2D eigenvalue weighted by molar-refractivity contribution is 5.74. The van der Waals surface area contributed by atoms with E-state index in [9.17, 15) is 9.90 Å². The molecule has 2 N–H and O–H groups in total. The van der Waals surface area contributed by atoms with E-state index in [2.05, 4.69) is 38.2 Å². The van der Waals surface area contributed by atoms with E-state index in [1.54, 1.807) is 4.90 Å². The molecule has 1 heterocycles. The van der Waals surface area contributed by atoms with Gasteiger partial charge in [-0.1, -0.05) is 23.8 Å². The number of nitrogens with zero attached hydrogens (tertiary/aromatic N) is 1. The summed E-state index contributed by atoms with van der Waals surface area (Å²) in [5.74, 6) is 0.780. The highest BCUT2D eigenvalue weighted by Gasteiger charge is 2.20. The number of hydrogen-bond acceptors (Lipinski definition) is 3. The van der Waals surface area contributed by atoms with Crippen molar-refractivity contribution in [3.05, 3.63) is 63.7 Å². The normalized spacial score (nSPS) is 13.6. The Morgan fingerprint density at radius 1 is 1.19 bits per heavy atom. The molecule has 0 fully saturated rings. The van der Waals surface area contributed by atoms with Gasteiger partial charge < -0.3 is 20.1 Å². The van der Waals surface area contributed by atoms with Crippen LogP contribution in [0.5, 0.6) is 5.75 Å². The Balaban J connectivity index is 1.70. The summed E-state index contributed by atoms with van der Waals surface area (Å²) in [4.78, 5) is 14.4. The summed E-state index contributed by atoms with van der Waals surface area (Å²) in [6.45, 7) is 8.19. The van der Waals surface area contributed by atoms with E-state index >= 15 is 0 Å². The second-order valence-electron chi connectivity index (χ2n) is 6.91. The van der Waals surface area contributed by atoms with Crippen LogP contribution in [-0.2, 0) is 19.7 Å². The maximum absolute atomic E-state index is 12.7. The van der Waals surface area contributed by atoms with E-state index in [0.717, 1.165) is 22.4 Å². The van der Waals surface area contributed by atoms with Gasteiger partial charge in [-0.25, -0.2) is 4.79 Å². The molecule has 3 rings (SSSR count). The number of aliphatic hydroxyl groups is 1. The van der Waals surface area contributed by atoms with Crippen LogP contribution in [-0.4, -0.2) is 29.2 Å². The first-order valence-corrected chi connectivity index (χ1v) is 8.93. The number of fused-ring (bicyclic) bond motifs is 1. The summed E-state index contributed by atoms with van der Waals surface area (Å²) in [5.41, 5.74) is 6.53. The van der Waals surface area contributed by atoms with Crippen molar-refractivity contribution in [1.29, 1.82) is 0 Å². The van der Waals surface area contributed by atoms with E-state index in [1.165, 1.54) is 16.7 Å². The summed E-state index contributed by atoms with van der Waals surface area (Å²) in [5, 5.41) is 12.4. The van der Waals surface area contributed by atoms with Gasteiger partial charge in [-0.3, -0.25) is 0 Å². The van der Waals surface area contributed by atoms with Crippen molar-refractivity contribution in [2.75, 3.05) is 13.2 Å².